The van der Waals surface area contributed by atoms with E-state index in [4.69, 9.17) is 4.74 Å². The SMILES string of the molecule is COc1cccc(-c2cc(C(=O)NCc3ccnc(-c4cccnc4)c3)n(C)n2)c1. The van der Waals surface area contributed by atoms with Crippen LogP contribution in [0.5, 0.6) is 5.75 Å². The van der Waals surface area contributed by atoms with Gasteiger partial charge in [0.15, 0.2) is 0 Å². The molecule has 7 heteroatoms. The molecule has 0 unspecified atom stereocenters. The fourth-order valence-corrected chi connectivity index (χ4v) is 3.13. The van der Waals surface area contributed by atoms with Crippen LogP contribution >= 0.6 is 0 Å². The zero-order valence-electron chi connectivity index (χ0n) is 16.7. The van der Waals surface area contributed by atoms with Crippen molar-refractivity contribution in [3.05, 3.63) is 84.4 Å². The number of hydrogen-bond donors (Lipinski definition) is 1. The molecule has 0 saturated heterocycles. The van der Waals surface area contributed by atoms with E-state index in [1.54, 1.807) is 43.5 Å². The van der Waals surface area contributed by atoms with Gasteiger partial charge in [-0.05, 0) is 48.0 Å². The number of rotatable bonds is 6. The number of ether oxygens (including phenoxy) is 1. The largest absolute Gasteiger partial charge is 0.497 e. The maximum Gasteiger partial charge on any atom is 0.269 e. The summed E-state index contributed by atoms with van der Waals surface area (Å²) in [7, 11) is 3.38. The number of aryl methyl sites for hydroxylation is 1. The highest BCUT2D eigenvalue weighted by Crippen LogP contribution is 2.23. The van der Waals surface area contributed by atoms with Gasteiger partial charge in [-0.2, -0.15) is 5.10 Å². The highest BCUT2D eigenvalue weighted by atomic mass is 16.5. The van der Waals surface area contributed by atoms with Crippen molar-refractivity contribution < 1.29 is 9.53 Å². The Morgan fingerprint density at radius 3 is 2.70 bits per heavy atom. The highest BCUT2D eigenvalue weighted by molar-refractivity contribution is 5.93. The molecule has 0 aliphatic carbocycles. The second-order valence-electron chi connectivity index (χ2n) is 6.74. The van der Waals surface area contributed by atoms with Crippen molar-refractivity contribution in [3.8, 4) is 28.3 Å². The summed E-state index contributed by atoms with van der Waals surface area (Å²) in [6, 6.07) is 17.0. The smallest absolute Gasteiger partial charge is 0.269 e. The maximum atomic E-state index is 12.7. The van der Waals surface area contributed by atoms with Crippen molar-refractivity contribution in [1.82, 2.24) is 25.1 Å². The standard InChI is InChI=1S/C23H21N5O2/c1-28-22(13-21(27-28)17-5-3-7-19(12-17)30-2)23(29)26-14-16-8-10-25-20(11-16)18-6-4-9-24-15-18/h3-13,15H,14H2,1-2H3,(H,26,29). The number of benzene rings is 1. The lowest BCUT2D eigenvalue weighted by Gasteiger charge is -2.07. The Morgan fingerprint density at radius 2 is 1.90 bits per heavy atom. The molecule has 0 spiro atoms. The fourth-order valence-electron chi connectivity index (χ4n) is 3.13. The van der Waals surface area contributed by atoms with Gasteiger partial charge < -0.3 is 10.1 Å². The lowest BCUT2D eigenvalue weighted by molar-refractivity contribution is 0.0941. The summed E-state index contributed by atoms with van der Waals surface area (Å²) in [5.41, 5.74) is 4.78. The van der Waals surface area contributed by atoms with Crippen LogP contribution in [0.1, 0.15) is 16.1 Å². The number of nitrogens with zero attached hydrogens (tertiary/aromatic N) is 4. The van der Waals surface area contributed by atoms with Crippen LogP contribution < -0.4 is 10.1 Å². The average Bonchev–Trinajstić information content (AvgIpc) is 3.20. The maximum absolute atomic E-state index is 12.7. The number of nitrogens with one attached hydrogen (secondary N) is 1. The summed E-state index contributed by atoms with van der Waals surface area (Å²) in [4.78, 5) is 21.2. The summed E-state index contributed by atoms with van der Waals surface area (Å²) in [6.45, 7) is 0.383. The van der Waals surface area contributed by atoms with Gasteiger partial charge in [-0.25, -0.2) is 0 Å². The molecular weight excluding hydrogens is 378 g/mol. The van der Waals surface area contributed by atoms with E-state index < -0.39 is 0 Å². The van der Waals surface area contributed by atoms with Crippen LogP contribution in [0.25, 0.3) is 22.5 Å². The topological polar surface area (TPSA) is 81.9 Å². The summed E-state index contributed by atoms with van der Waals surface area (Å²) in [5, 5.41) is 7.42. The summed E-state index contributed by atoms with van der Waals surface area (Å²) in [5.74, 6) is 0.546. The summed E-state index contributed by atoms with van der Waals surface area (Å²) >= 11 is 0. The van der Waals surface area contributed by atoms with Gasteiger partial charge in [0.25, 0.3) is 5.91 Å². The van der Waals surface area contributed by atoms with Crippen LogP contribution in [-0.2, 0) is 13.6 Å². The number of pyridine rings is 2. The molecule has 0 atom stereocenters. The van der Waals surface area contributed by atoms with E-state index >= 15 is 0 Å². The molecule has 30 heavy (non-hydrogen) atoms. The first-order valence-electron chi connectivity index (χ1n) is 9.46. The third-order valence-corrected chi connectivity index (χ3v) is 4.71. The Labute approximate surface area is 174 Å². The molecular formula is C23H21N5O2. The minimum atomic E-state index is -0.195. The van der Waals surface area contributed by atoms with Gasteiger partial charge in [0.2, 0.25) is 0 Å². The van der Waals surface area contributed by atoms with Crippen molar-refractivity contribution in [2.45, 2.75) is 6.54 Å². The number of carbonyl (C=O) groups is 1. The Hall–Kier alpha value is -4.00. The molecule has 0 fully saturated rings. The third-order valence-electron chi connectivity index (χ3n) is 4.71. The quantitative estimate of drug-likeness (QED) is 0.537. The molecule has 4 aromatic rings. The molecule has 1 aromatic carbocycles. The van der Waals surface area contributed by atoms with Crippen LogP contribution in [0.2, 0.25) is 0 Å². The fraction of sp³-hybridized carbons (Fsp3) is 0.130. The summed E-state index contributed by atoms with van der Waals surface area (Å²) in [6.07, 6.45) is 5.22. The van der Waals surface area contributed by atoms with Crippen molar-refractivity contribution in [3.63, 3.8) is 0 Å². The van der Waals surface area contributed by atoms with Gasteiger partial charge in [-0.15, -0.1) is 0 Å². The zero-order chi connectivity index (χ0) is 20.9. The lowest BCUT2D eigenvalue weighted by Crippen LogP contribution is -2.25. The number of methoxy groups -OCH3 is 1. The number of amides is 1. The number of aromatic nitrogens is 4. The average molecular weight is 399 g/mol. The molecule has 1 amide bonds. The molecule has 0 aliphatic rings. The minimum absolute atomic E-state index is 0.195. The predicted molar refractivity (Wildman–Crippen MR) is 114 cm³/mol. The Morgan fingerprint density at radius 1 is 1.03 bits per heavy atom. The normalized spacial score (nSPS) is 10.6. The van der Waals surface area contributed by atoms with Crippen LogP contribution in [-0.4, -0.2) is 32.8 Å². The van der Waals surface area contributed by atoms with Crippen molar-refractivity contribution in [2.75, 3.05) is 7.11 Å². The Balaban J connectivity index is 1.48. The Kier molecular flexibility index (Phi) is 5.52. The molecule has 0 bridgehead atoms. The molecule has 150 valence electrons. The van der Waals surface area contributed by atoms with E-state index in [0.29, 0.717) is 17.9 Å². The summed E-state index contributed by atoms with van der Waals surface area (Å²) < 4.78 is 6.85. The molecule has 1 N–H and O–H groups in total. The minimum Gasteiger partial charge on any atom is -0.497 e. The van der Waals surface area contributed by atoms with Gasteiger partial charge >= 0.3 is 0 Å². The first-order chi connectivity index (χ1) is 14.6. The van der Waals surface area contributed by atoms with Crippen molar-refractivity contribution in [2.24, 2.45) is 7.05 Å². The predicted octanol–water partition coefficient (Wildman–Crippen LogP) is 3.48. The van der Waals surface area contributed by atoms with Gasteiger partial charge in [-0.1, -0.05) is 12.1 Å². The van der Waals surface area contributed by atoms with Gasteiger partial charge in [0.1, 0.15) is 11.4 Å². The van der Waals surface area contributed by atoms with E-state index in [2.05, 4.69) is 20.4 Å². The van der Waals surface area contributed by atoms with Crippen LogP contribution in [0.15, 0.2) is 73.2 Å². The molecule has 0 aliphatic heterocycles. The zero-order valence-corrected chi connectivity index (χ0v) is 16.7. The van der Waals surface area contributed by atoms with E-state index in [1.807, 2.05) is 48.5 Å². The first kappa shape index (κ1) is 19.3. The monoisotopic (exact) mass is 399 g/mol. The molecule has 7 nitrogen and oxygen atoms in total. The first-order valence-corrected chi connectivity index (χ1v) is 9.46. The van der Waals surface area contributed by atoms with Gasteiger partial charge in [0.05, 0.1) is 18.5 Å². The molecule has 0 saturated carbocycles. The van der Waals surface area contributed by atoms with E-state index in [0.717, 1.165) is 28.1 Å². The second kappa shape index (κ2) is 8.57. The molecule has 4 rings (SSSR count). The van der Waals surface area contributed by atoms with E-state index in [9.17, 15) is 4.79 Å². The number of hydrogen-bond acceptors (Lipinski definition) is 5. The van der Waals surface area contributed by atoms with E-state index in [-0.39, 0.29) is 5.91 Å². The van der Waals surface area contributed by atoms with Gasteiger partial charge in [-0.3, -0.25) is 19.4 Å². The molecule has 0 radical (unpaired) electrons. The highest BCUT2D eigenvalue weighted by Gasteiger charge is 2.14. The van der Waals surface area contributed by atoms with Gasteiger partial charge in [0, 0.05) is 43.3 Å². The van der Waals surface area contributed by atoms with Crippen molar-refractivity contribution >= 4 is 5.91 Å². The van der Waals surface area contributed by atoms with Crippen LogP contribution in [0.4, 0.5) is 0 Å². The third kappa shape index (κ3) is 4.20. The molecule has 3 heterocycles. The van der Waals surface area contributed by atoms with Crippen LogP contribution in [0, 0.1) is 0 Å². The number of carbonyl (C=O) groups excluding carboxylic acids is 1. The Bertz CT molecular complexity index is 1170. The lowest BCUT2D eigenvalue weighted by atomic mass is 10.1. The molecule has 3 aromatic heterocycles. The van der Waals surface area contributed by atoms with E-state index in [1.165, 1.54) is 0 Å². The van der Waals surface area contributed by atoms with Crippen molar-refractivity contribution in [1.29, 1.82) is 0 Å². The van der Waals surface area contributed by atoms with Crippen LogP contribution in [0.3, 0.4) is 0 Å². The second-order valence-corrected chi connectivity index (χ2v) is 6.74.